The Hall–Kier alpha value is -2.35. The second kappa shape index (κ2) is 7.82. The van der Waals surface area contributed by atoms with E-state index in [4.69, 9.17) is 9.47 Å². The normalized spacial score (nSPS) is 20.9. The fourth-order valence-corrected chi connectivity index (χ4v) is 3.96. The van der Waals surface area contributed by atoms with Crippen molar-refractivity contribution in [1.29, 1.82) is 0 Å². The number of ether oxygens (including phenoxy) is 2. The number of carbonyl (C=O) groups excluding carboxylic acids is 1. The summed E-state index contributed by atoms with van der Waals surface area (Å²) in [4.78, 5) is 16.1. The van der Waals surface area contributed by atoms with Gasteiger partial charge in [0.1, 0.15) is 11.4 Å². The molecule has 2 fully saturated rings. The van der Waals surface area contributed by atoms with E-state index in [1.165, 1.54) is 6.07 Å². The molecule has 158 valence electrons. The Bertz CT molecular complexity index is 878. The Morgan fingerprint density at radius 2 is 1.97 bits per heavy atom. The lowest BCUT2D eigenvalue weighted by molar-refractivity contribution is -0.0366. The van der Waals surface area contributed by atoms with Crippen LogP contribution in [0.2, 0.25) is 0 Å². The number of aromatic nitrogens is 2. The van der Waals surface area contributed by atoms with E-state index < -0.39 is 5.60 Å². The lowest BCUT2D eigenvalue weighted by atomic mass is 10.1. The van der Waals surface area contributed by atoms with Crippen molar-refractivity contribution in [3.8, 4) is 0 Å². The zero-order chi connectivity index (χ0) is 20.6. The van der Waals surface area contributed by atoms with Gasteiger partial charge in [-0.1, -0.05) is 0 Å². The molecule has 2 aromatic rings. The number of nitrogens with zero attached hydrogens (tertiary/aromatic N) is 4. The Balaban J connectivity index is 1.53. The maximum absolute atomic E-state index is 14.5. The van der Waals surface area contributed by atoms with Crippen LogP contribution < -0.4 is 4.90 Å². The predicted octanol–water partition coefficient (Wildman–Crippen LogP) is 3.93. The summed E-state index contributed by atoms with van der Waals surface area (Å²) in [6.07, 6.45) is 4.38. The van der Waals surface area contributed by atoms with Gasteiger partial charge in [0.25, 0.3) is 0 Å². The molecule has 2 aliphatic rings. The number of benzene rings is 1. The molecule has 1 amide bonds. The summed E-state index contributed by atoms with van der Waals surface area (Å²) in [6.45, 7) is 8.58. The van der Waals surface area contributed by atoms with Gasteiger partial charge in [0, 0.05) is 44.2 Å². The van der Waals surface area contributed by atoms with E-state index >= 15 is 0 Å². The van der Waals surface area contributed by atoms with Crippen LogP contribution in [-0.4, -0.2) is 59.2 Å². The van der Waals surface area contributed by atoms with Crippen LogP contribution in [-0.2, 0) is 9.47 Å². The summed E-state index contributed by atoms with van der Waals surface area (Å²) in [7, 11) is 0. The van der Waals surface area contributed by atoms with E-state index in [0.29, 0.717) is 32.8 Å². The highest BCUT2D eigenvalue weighted by Crippen LogP contribution is 2.33. The molecular weight excluding hydrogens is 375 g/mol. The van der Waals surface area contributed by atoms with Crippen LogP contribution in [0, 0.1) is 5.82 Å². The topological polar surface area (TPSA) is 59.8 Å². The van der Waals surface area contributed by atoms with Gasteiger partial charge in [0.05, 0.1) is 17.4 Å². The lowest BCUT2D eigenvalue weighted by Gasteiger charge is -2.37. The van der Waals surface area contributed by atoms with Gasteiger partial charge in [-0.05, 0) is 46.1 Å². The minimum Gasteiger partial charge on any atom is -0.444 e. The van der Waals surface area contributed by atoms with Gasteiger partial charge in [0.2, 0.25) is 0 Å². The summed E-state index contributed by atoms with van der Waals surface area (Å²) in [5.74, 6) is -0.292. The van der Waals surface area contributed by atoms with Gasteiger partial charge >= 0.3 is 6.09 Å². The molecule has 0 spiro atoms. The first kappa shape index (κ1) is 19.9. The summed E-state index contributed by atoms with van der Waals surface area (Å²) in [6, 6.07) is 3.08. The highest BCUT2D eigenvalue weighted by molar-refractivity contribution is 5.92. The molecular formula is C21H29FN4O3. The number of hydrogen-bond donors (Lipinski definition) is 0. The average Bonchev–Trinajstić information content (AvgIpc) is 3.10. The molecule has 4 rings (SSSR count). The van der Waals surface area contributed by atoms with Crippen molar-refractivity contribution >= 4 is 22.7 Å². The molecule has 2 aliphatic heterocycles. The Morgan fingerprint density at radius 3 is 2.62 bits per heavy atom. The number of piperazine rings is 1. The fraction of sp³-hybridized carbons (Fsp3) is 0.619. The average molecular weight is 404 g/mol. The van der Waals surface area contributed by atoms with E-state index in [1.54, 1.807) is 21.8 Å². The van der Waals surface area contributed by atoms with Crippen LogP contribution in [0.3, 0.4) is 0 Å². The fourth-order valence-electron chi connectivity index (χ4n) is 3.96. The van der Waals surface area contributed by atoms with E-state index in [0.717, 1.165) is 35.9 Å². The molecule has 2 saturated heterocycles. The predicted molar refractivity (Wildman–Crippen MR) is 109 cm³/mol. The largest absolute Gasteiger partial charge is 0.444 e. The maximum atomic E-state index is 14.5. The zero-order valence-electron chi connectivity index (χ0n) is 17.4. The van der Waals surface area contributed by atoms with Crippen molar-refractivity contribution in [3.05, 3.63) is 24.1 Å². The second-order valence-electron chi connectivity index (χ2n) is 8.72. The number of hydrogen-bond acceptors (Lipinski definition) is 5. The van der Waals surface area contributed by atoms with Crippen LogP contribution in [0.15, 0.2) is 18.3 Å². The van der Waals surface area contributed by atoms with Crippen LogP contribution in [0.1, 0.15) is 46.3 Å². The maximum Gasteiger partial charge on any atom is 0.410 e. The minimum absolute atomic E-state index is 0.139. The molecule has 3 heterocycles. The monoisotopic (exact) mass is 404 g/mol. The second-order valence-corrected chi connectivity index (χ2v) is 8.72. The van der Waals surface area contributed by atoms with Gasteiger partial charge in [-0.3, -0.25) is 0 Å². The lowest BCUT2D eigenvalue weighted by Crippen LogP contribution is -2.50. The van der Waals surface area contributed by atoms with E-state index in [1.807, 2.05) is 20.8 Å². The molecule has 1 aromatic heterocycles. The number of rotatable bonds is 2. The number of carbonyl (C=O) groups is 1. The highest BCUT2D eigenvalue weighted by atomic mass is 19.1. The van der Waals surface area contributed by atoms with Gasteiger partial charge in [-0.25, -0.2) is 13.9 Å². The van der Waals surface area contributed by atoms with Crippen LogP contribution in [0.25, 0.3) is 10.9 Å². The van der Waals surface area contributed by atoms with Crippen molar-refractivity contribution < 1.29 is 18.7 Å². The third-order valence-electron chi connectivity index (χ3n) is 5.36. The SMILES string of the molecule is CC(C)(C)OC(=O)N1CCN(c2cc(F)cc3c2cnn3C2CCCCO2)CC1. The van der Waals surface area contributed by atoms with Gasteiger partial charge in [-0.2, -0.15) is 5.10 Å². The number of halogens is 1. The van der Waals surface area contributed by atoms with Gasteiger partial charge in [-0.15, -0.1) is 0 Å². The summed E-state index contributed by atoms with van der Waals surface area (Å²) in [5, 5.41) is 5.42. The number of anilines is 1. The molecule has 0 bridgehead atoms. The molecule has 1 unspecified atom stereocenters. The number of amides is 1. The molecule has 8 heteroatoms. The molecule has 1 aromatic carbocycles. The van der Waals surface area contributed by atoms with E-state index in [9.17, 15) is 9.18 Å². The van der Waals surface area contributed by atoms with Crippen molar-refractivity contribution in [1.82, 2.24) is 14.7 Å². The quantitative estimate of drug-likeness (QED) is 0.759. The standard InChI is InChI=1S/C21H29FN4O3/c1-21(2,3)29-20(27)25-9-7-24(8-10-25)17-12-15(22)13-18-16(17)14-23-26(18)19-6-4-5-11-28-19/h12-14,19H,4-11H2,1-3H3. The summed E-state index contributed by atoms with van der Waals surface area (Å²) in [5.41, 5.74) is 1.05. The molecule has 29 heavy (non-hydrogen) atoms. The van der Waals surface area contributed by atoms with Crippen molar-refractivity contribution in [2.24, 2.45) is 0 Å². The first-order valence-electron chi connectivity index (χ1n) is 10.3. The molecule has 0 saturated carbocycles. The third-order valence-corrected chi connectivity index (χ3v) is 5.36. The summed E-state index contributed by atoms with van der Waals surface area (Å²) >= 11 is 0. The van der Waals surface area contributed by atoms with Crippen LogP contribution >= 0.6 is 0 Å². The first-order chi connectivity index (χ1) is 13.8. The molecule has 0 radical (unpaired) electrons. The first-order valence-corrected chi connectivity index (χ1v) is 10.3. The molecule has 0 aliphatic carbocycles. The van der Waals surface area contributed by atoms with Crippen LogP contribution in [0.4, 0.5) is 14.9 Å². The summed E-state index contributed by atoms with van der Waals surface area (Å²) < 4.78 is 27.6. The van der Waals surface area contributed by atoms with Crippen molar-refractivity contribution in [3.63, 3.8) is 0 Å². The van der Waals surface area contributed by atoms with Crippen molar-refractivity contribution in [2.75, 3.05) is 37.7 Å². The van der Waals surface area contributed by atoms with Crippen LogP contribution in [0.5, 0.6) is 0 Å². The molecule has 1 atom stereocenters. The molecule has 0 N–H and O–H groups in total. The van der Waals surface area contributed by atoms with Crippen molar-refractivity contribution in [2.45, 2.75) is 51.9 Å². The zero-order valence-corrected chi connectivity index (χ0v) is 17.4. The van der Waals surface area contributed by atoms with Gasteiger partial charge in [0.15, 0.2) is 6.23 Å². The third kappa shape index (κ3) is 4.32. The number of fused-ring (bicyclic) bond motifs is 1. The minimum atomic E-state index is -0.515. The van der Waals surface area contributed by atoms with Gasteiger partial charge < -0.3 is 19.3 Å². The Morgan fingerprint density at radius 1 is 1.21 bits per heavy atom. The highest BCUT2D eigenvalue weighted by Gasteiger charge is 2.28. The molecule has 7 nitrogen and oxygen atoms in total. The van der Waals surface area contributed by atoms with E-state index in [-0.39, 0.29) is 18.1 Å². The Labute approximate surface area is 170 Å². The van der Waals surface area contributed by atoms with E-state index in [2.05, 4.69) is 10.00 Å². The Kier molecular flexibility index (Phi) is 5.38. The smallest absolute Gasteiger partial charge is 0.410 e.